The van der Waals surface area contributed by atoms with E-state index in [1.54, 1.807) is 31.2 Å². The van der Waals surface area contributed by atoms with Gasteiger partial charge in [0.15, 0.2) is 0 Å². The maximum Gasteiger partial charge on any atom is 0.325 e. The van der Waals surface area contributed by atoms with Crippen LogP contribution in [0.4, 0.5) is 11.4 Å². The zero-order valence-electron chi connectivity index (χ0n) is 20.4. The second-order valence-electron chi connectivity index (χ2n) is 8.77. The molecule has 0 bridgehead atoms. The number of carbonyl (C=O) groups excluding carboxylic acids is 1. The van der Waals surface area contributed by atoms with Crippen LogP contribution in [0.2, 0.25) is 0 Å². The van der Waals surface area contributed by atoms with Crippen LogP contribution in [-0.4, -0.2) is 48.6 Å². The monoisotopic (exact) mass is 519 g/mol. The lowest BCUT2D eigenvalue weighted by molar-refractivity contribution is 0.0702. The van der Waals surface area contributed by atoms with Gasteiger partial charge in [-0.3, -0.25) is 9.36 Å². The van der Waals surface area contributed by atoms with Crippen LogP contribution in [0.25, 0.3) is 0 Å². The Labute approximate surface area is 211 Å². The largest absolute Gasteiger partial charge is 0.382 e. The molecule has 0 spiro atoms. The average Bonchev–Trinajstić information content (AvgIpc) is 2.83. The molecule has 1 fully saturated rings. The lowest BCUT2D eigenvalue weighted by atomic mass is 10.0. The molecule has 10 heteroatoms. The van der Waals surface area contributed by atoms with E-state index in [1.807, 2.05) is 23.9 Å². The van der Waals surface area contributed by atoms with Gasteiger partial charge in [0.05, 0.1) is 30.1 Å². The molecular formula is C25H34N3O5PS. The van der Waals surface area contributed by atoms with Gasteiger partial charge in [-0.2, -0.15) is 10.2 Å². The van der Waals surface area contributed by atoms with Crippen molar-refractivity contribution in [3.05, 3.63) is 54.1 Å². The summed E-state index contributed by atoms with van der Waals surface area (Å²) in [5.41, 5.74) is 1.82. The lowest BCUT2D eigenvalue weighted by Crippen LogP contribution is -2.45. The lowest BCUT2D eigenvalue weighted by Gasteiger charge is -2.25. The van der Waals surface area contributed by atoms with Crippen LogP contribution < -0.4 is 5.32 Å². The summed E-state index contributed by atoms with van der Waals surface area (Å²) in [6.07, 6.45) is 5.90. The first-order chi connectivity index (χ1) is 16.7. The number of ether oxygens (including phenoxy) is 1. The first-order valence-corrected chi connectivity index (χ1v) is 14.7. The minimum atomic E-state index is -3.70. The van der Waals surface area contributed by atoms with E-state index >= 15 is 0 Å². The summed E-state index contributed by atoms with van der Waals surface area (Å²) in [5.74, 6) is -0.346. The number of amides is 1. The fraction of sp³-hybridized carbons (Fsp3) is 0.480. The maximum atomic E-state index is 12.7. The van der Waals surface area contributed by atoms with Gasteiger partial charge in [0, 0.05) is 29.5 Å². The van der Waals surface area contributed by atoms with Gasteiger partial charge in [-0.15, -0.1) is 11.8 Å². The highest BCUT2D eigenvalue weighted by Gasteiger charge is 2.26. The van der Waals surface area contributed by atoms with Crippen molar-refractivity contribution in [3.8, 4) is 0 Å². The Hall–Kier alpha value is -2.03. The summed E-state index contributed by atoms with van der Waals surface area (Å²) in [5, 5.41) is 12.1. The quantitative estimate of drug-likeness (QED) is 0.259. The molecule has 1 saturated carbocycles. The third-order valence-corrected chi connectivity index (χ3v) is 7.77. The van der Waals surface area contributed by atoms with Gasteiger partial charge >= 0.3 is 7.60 Å². The zero-order valence-corrected chi connectivity index (χ0v) is 22.1. The van der Waals surface area contributed by atoms with Crippen molar-refractivity contribution in [2.75, 3.05) is 20.4 Å². The van der Waals surface area contributed by atoms with Gasteiger partial charge in [-0.1, -0.05) is 19.3 Å². The smallest absolute Gasteiger partial charge is 0.325 e. The van der Waals surface area contributed by atoms with Crippen molar-refractivity contribution in [3.63, 3.8) is 0 Å². The van der Waals surface area contributed by atoms with Crippen molar-refractivity contribution in [1.82, 2.24) is 5.32 Å². The molecule has 1 aliphatic carbocycles. The van der Waals surface area contributed by atoms with Gasteiger partial charge in [0.25, 0.3) is 5.91 Å². The Morgan fingerprint density at radius 2 is 1.66 bits per heavy atom. The SMILES string of the molecule is COC[C@@H](NC(=O)c1ccc(/N=N/c2ccc(SC3CCCCC3)cc2)cc1)[C@@H](C)OP(C)(=O)O. The Morgan fingerprint density at radius 3 is 2.20 bits per heavy atom. The molecule has 8 nitrogen and oxygen atoms in total. The van der Waals surface area contributed by atoms with Gasteiger partial charge in [-0.25, -0.2) is 0 Å². The van der Waals surface area contributed by atoms with Gasteiger partial charge < -0.3 is 19.5 Å². The Balaban J connectivity index is 1.55. The number of thioether (sulfide) groups is 1. The molecule has 3 atom stereocenters. The molecule has 190 valence electrons. The van der Waals surface area contributed by atoms with Crippen molar-refractivity contribution >= 4 is 36.6 Å². The minimum Gasteiger partial charge on any atom is -0.382 e. The van der Waals surface area contributed by atoms with Gasteiger partial charge in [0.2, 0.25) is 0 Å². The Bertz CT molecular complexity index is 1020. The molecule has 0 aliphatic heterocycles. The zero-order chi connectivity index (χ0) is 25.3. The summed E-state index contributed by atoms with van der Waals surface area (Å²) >= 11 is 1.95. The van der Waals surface area contributed by atoms with Crippen LogP contribution in [0.1, 0.15) is 49.4 Å². The summed E-state index contributed by atoms with van der Waals surface area (Å²) in [6.45, 7) is 2.85. The first kappa shape index (κ1) is 27.6. The van der Waals surface area contributed by atoms with E-state index in [1.165, 1.54) is 44.1 Å². The van der Waals surface area contributed by atoms with Crippen molar-refractivity contribution < 1.29 is 23.5 Å². The summed E-state index contributed by atoms with van der Waals surface area (Å²) in [4.78, 5) is 23.4. The van der Waals surface area contributed by atoms with E-state index in [9.17, 15) is 14.3 Å². The molecule has 0 heterocycles. The predicted octanol–water partition coefficient (Wildman–Crippen LogP) is 6.49. The topological polar surface area (TPSA) is 110 Å². The minimum absolute atomic E-state index is 0.136. The van der Waals surface area contributed by atoms with E-state index < -0.39 is 19.7 Å². The average molecular weight is 520 g/mol. The van der Waals surface area contributed by atoms with Gasteiger partial charge in [-0.05, 0) is 68.3 Å². The number of hydrogen-bond donors (Lipinski definition) is 2. The van der Waals surface area contributed by atoms with Crippen LogP contribution in [0.15, 0.2) is 63.7 Å². The second-order valence-corrected chi connectivity index (χ2v) is 12.0. The molecule has 1 unspecified atom stereocenters. The predicted molar refractivity (Wildman–Crippen MR) is 139 cm³/mol. The fourth-order valence-electron chi connectivity index (χ4n) is 3.87. The first-order valence-electron chi connectivity index (χ1n) is 11.8. The fourth-order valence-corrected chi connectivity index (χ4v) is 5.88. The maximum absolute atomic E-state index is 12.7. The van der Waals surface area contributed by atoms with E-state index in [0.29, 0.717) is 11.3 Å². The summed E-state index contributed by atoms with van der Waals surface area (Å²) in [6, 6.07) is 14.3. The third kappa shape index (κ3) is 9.50. The molecule has 2 N–H and O–H groups in total. The Kier molecular flexibility index (Phi) is 10.5. The van der Waals surface area contributed by atoms with Crippen LogP contribution in [0.3, 0.4) is 0 Å². The number of nitrogens with one attached hydrogen (secondary N) is 1. The van der Waals surface area contributed by atoms with E-state index in [4.69, 9.17) is 9.26 Å². The third-order valence-electron chi connectivity index (χ3n) is 5.69. The van der Waals surface area contributed by atoms with E-state index in [-0.39, 0.29) is 12.5 Å². The highest BCUT2D eigenvalue weighted by Crippen LogP contribution is 2.39. The molecule has 2 aromatic rings. The van der Waals surface area contributed by atoms with E-state index in [2.05, 4.69) is 27.7 Å². The number of methoxy groups -OCH3 is 1. The number of hydrogen-bond acceptors (Lipinski definition) is 7. The van der Waals surface area contributed by atoms with Gasteiger partial charge in [0.1, 0.15) is 0 Å². The molecule has 1 amide bonds. The normalized spacial score (nSPS) is 18.2. The molecule has 35 heavy (non-hydrogen) atoms. The number of benzene rings is 2. The molecule has 3 rings (SSSR count). The van der Waals surface area contributed by atoms with Crippen LogP contribution in [0, 0.1) is 0 Å². The van der Waals surface area contributed by atoms with Crippen molar-refractivity contribution in [2.45, 2.75) is 61.3 Å². The number of nitrogens with zero attached hydrogens (tertiary/aromatic N) is 2. The van der Waals surface area contributed by atoms with Crippen molar-refractivity contribution in [1.29, 1.82) is 0 Å². The standard InChI is InChI=1S/C25H34N3O5PS/c1-18(33-34(3,30)31)24(17-32-2)26-25(29)19-9-11-20(12-10-19)27-28-21-13-15-23(16-14-21)35-22-7-5-4-6-8-22/h9-16,18,22,24H,4-8,17H2,1-3H3,(H,26,29)(H,30,31)/b28-27+/t18-,24-/m1/s1. The van der Waals surface area contributed by atoms with Crippen LogP contribution in [-0.2, 0) is 13.8 Å². The van der Waals surface area contributed by atoms with E-state index in [0.717, 1.165) is 17.6 Å². The van der Waals surface area contributed by atoms with Crippen LogP contribution >= 0.6 is 19.4 Å². The highest BCUT2D eigenvalue weighted by molar-refractivity contribution is 8.00. The summed E-state index contributed by atoms with van der Waals surface area (Å²) in [7, 11) is -2.21. The van der Waals surface area contributed by atoms with Crippen LogP contribution in [0.5, 0.6) is 0 Å². The highest BCUT2D eigenvalue weighted by atomic mass is 32.2. The molecule has 1 aliphatic rings. The molecule has 2 aromatic carbocycles. The molecular weight excluding hydrogens is 485 g/mol. The number of azo groups is 1. The molecule has 0 radical (unpaired) electrons. The Morgan fingerprint density at radius 1 is 1.09 bits per heavy atom. The van der Waals surface area contributed by atoms with Crippen molar-refractivity contribution in [2.24, 2.45) is 10.2 Å². The molecule has 0 saturated heterocycles. The number of carbonyl (C=O) groups is 1. The molecule has 0 aromatic heterocycles. The number of rotatable bonds is 11. The second kappa shape index (κ2) is 13.3. The summed E-state index contributed by atoms with van der Waals surface area (Å²) < 4.78 is 21.8.